The molecular formula is C20H19ClFN5O4. The molecule has 0 bridgehead atoms. The Morgan fingerprint density at radius 1 is 1.26 bits per heavy atom. The van der Waals surface area contributed by atoms with Crippen LogP contribution in [0.4, 0.5) is 21.0 Å². The van der Waals surface area contributed by atoms with Crippen LogP contribution in [0.5, 0.6) is 0 Å². The number of cyclic esters (lactones) is 1. The number of rotatable bonds is 6. The average molecular weight is 448 g/mol. The summed E-state index contributed by atoms with van der Waals surface area (Å²) in [6.07, 6.45) is 0.801. The minimum absolute atomic E-state index is 0.0548. The summed E-state index contributed by atoms with van der Waals surface area (Å²) in [4.78, 5) is 25.4. The smallest absolute Gasteiger partial charge is 0.416 e. The van der Waals surface area contributed by atoms with Crippen LogP contribution in [0, 0.1) is 5.82 Å². The number of nitrogens with one attached hydrogen (secondary N) is 1. The van der Waals surface area contributed by atoms with Crippen LogP contribution in [0.25, 0.3) is 11.3 Å². The number of hydrogen-bond donors (Lipinski definition) is 2. The molecule has 31 heavy (non-hydrogen) atoms. The Morgan fingerprint density at radius 2 is 2.00 bits per heavy atom. The Hall–Kier alpha value is -3.24. The highest BCUT2D eigenvalue weighted by Crippen LogP contribution is 2.28. The molecule has 0 saturated carbocycles. The van der Waals surface area contributed by atoms with Gasteiger partial charge >= 0.3 is 6.09 Å². The summed E-state index contributed by atoms with van der Waals surface area (Å²) in [6, 6.07) is 5.91. The lowest BCUT2D eigenvalue weighted by molar-refractivity contribution is 0.142. The van der Waals surface area contributed by atoms with E-state index in [1.807, 2.05) is 12.1 Å². The van der Waals surface area contributed by atoms with Gasteiger partial charge in [-0.2, -0.15) is 4.98 Å². The largest absolute Gasteiger partial charge is 0.447 e. The van der Waals surface area contributed by atoms with Crippen molar-refractivity contribution in [1.82, 2.24) is 15.0 Å². The second-order valence-corrected chi connectivity index (χ2v) is 7.49. The normalized spacial score (nSPS) is 18.0. The molecule has 1 fully saturated rings. The molecule has 0 aliphatic carbocycles. The van der Waals surface area contributed by atoms with Crippen molar-refractivity contribution in [3.63, 3.8) is 0 Å². The zero-order valence-corrected chi connectivity index (χ0v) is 17.4. The number of hydrogen-bond acceptors (Lipinski definition) is 8. The lowest BCUT2D eigenvalue weighted by Crippen LogP contribution is -2.42. The third-order valence-electron chi connectivity index (χ3n) is 4.78. The van der Waals surface area contributed by atoms with E-state index in [2.05, 4.69) is 20.3 Å². The van der Waals surface area contributed by atoms with Crippen LogP contribution in [0.3, 0.4) is 0 Å². The number of carbonyl (C=O) groups excluding carboxylic acids is 1. The molecule has 0 spiro atoms. The van der Waals surface area contributed by atoms with Gasteiger partial charge in [-0.15, -0.1) is 0 Å². The predicted molar refractivity (Wildman–Crippen MR) is 110 cm³/mol. The van der Waals surface area contributed by atoms with Gasteiger partial charge in [0.15, 0.2) is 17.4 Å². The molecule has 1 amide bonds. The maximum atomic E-state index is 14.4. The molecule has 1 saturated heterocycles. The molecule has 1 aliphatic rings. The van der Waals surface area contributed by atoms with Gasteiger partial charge in [0.05, 0.1) is 18.5 Å². The highest BCUT2D eigenvalue weighted by Gasteiger charge is 2.39. The maximum absolute atomic E-state index is 14.4. The first-order valence-electron chi connectivity index (χ1n) is 9.48. The number of oxazole rings is 1. The van der Waals surface area contributed by atoms with Crippen LogP contribution in [0.1, 0.15) is 25.8 Å². The van der Waals surface area contributed by atoms with Crippen molar-refractivity contribution in [1.29, 1.82) is 0 Å². The Morgan fingerprint density at radius 3 is 2.71 bits per heavy atom. The van der Waals surface area contributed by atoms with E-state index in [1.165, 1.54) is 6.92 Å². The summed E-state index contributed by atoms with van der Waals surface area (Å²) < 4.78 is 25.1. The quantitative estimate of drug-likeness (QED) is 0.586. The van der Waals surface area contributed by atoms with E-state index in [1.54, 1.807) is 25.3 Å². The number of halogens is 2. The van der Waals surface area contributed by atoms with Gasteiger partial charge in [0.2, 0.25) is 11.8 Å². The fourth-order valence-electron chi connectivity index (χ4n) is 3.12. The van der Waals surface area contributed by atoms with Crippen LogP contribution >= 0.6 is 11.6 Å². The Kier molecular flexibility index (Phi) is 5.75. The van der Waals surface area contributed by atoms with E-state index in [0.29, 0.717) is 16.7 Å². The van der Waals surface area contributed by atoms with Crippen LogP contribution in [0.2, 0.25) is 5.02 Å². The first kappa shape index (κ1) is 21.0. The molecular weight excluding hydrogens is 429 g/mol. The van der Waals surface area contributed by atoms with Crippen LogP contribution in [-0.4, -0.2) is 44.9 Å². The number of nitrogens with zero attached hydrogens (tertiary/aromatic N) is 4. The van der Waals surface area contributed by atoms with Crippen LogP contribution in [0.15, 0.2) is 41.1 Å². The monoisotopic (exact) mass is 447 g/mol. The molecule has 162 valence electrons. The van der Waals surface area contributed by atoms with Gasteiger partial charge in [-0.05, 0) is 38.1 Å². The van der Waals surface area contributed by atoms with E-state index in [4.69, 9.17) is 20.8 Å². The number of carbonyl (C=O) groups is 1. The van der Waals surface area contributed by atoms with Gasteiger partial charge in [-0.1, -0.05) is 11.6 Å². The van der Waals surface area contributed by atoms with E-state index < -0.39 is 30.1 Å². The molecule has 3 atom stereocenters. The van der Waals surface area contributed by atoms with E-state index >= 15 is 0 Å². The first-order chi connectivity index (χ1) is 14.8. The van der Waals surface area contributed by atoms with E-state index in [-0.39, 0.29) is 18.4 Å². The van der Waals surface area contributed by atoms with E-state index in [0.717, 1.165) is 16.7 Å². The number of amides is 1. The molecule has 2 aromatic heterocycles. The van der Waals surface area contributed by atoms with Gasteiger partial charge in [-0.3, -0.25) is 0 Å². The maximum Gasteiger partial charge on any atom is 0.416 e. The van der Waals surface area contributed by atoms with Crippen molar-refractivity contribution in [2.24, 2.45) is 0 Å². The number of ether oxygens (including phenoxy) is 1. The summed E-state index contributed by atoms with van der Waals surface area (Å²) in [5, 5.41) is 13.5. The second-order valence-electron chi connectivity index (χ2n) is 7.06. The molecule has 11 heteroatoms. The van der Waals surface area contributed by atoms with Crippen molar-refractivity contribution in [2.45, 2.75) is 32.0 Å². The van der Waals surface area contributed by atoms with Gasteiger partial charge in [0.25, 0.3) is 0 Å². The highest BCUT2D eigenvalue weighted by molar-refractivity contribution is 6.30. The minimum atomic E-state index is -0.935. The SMILES string of the molecule is C[C@@H](Nc1ncc(F)c(N2C(=O)OCC2[C@@H](C)O)n1)c1ncc(-c2ccc(Cl)cc2)o1. The van der Waals surface area contributed by atoms with Gasteiger partial charge < -0.3 is 19.6 Å². The van der Waals surface area contributed by atoms with Crippen LogP contribution in [-0.2, 0) is 4.74 Å². The molecule has 1 aromatic carbocycles. The molecule has 1 aliphatic heterocycles. The number of aliphatic hydroxyl groups excluding tert-OH is 1. The lowest BCUT2D eigenvalue weighted by Gasteiger charge is -2.23. The average Bonchev–Trinajstić information content (AvgIpc) is 3.37. The van der Waals surface area contributed by atoms with Crippen molar-refractivity contribution in [3.8, 4) is 11.3 Å². The third kappa shape index (κ3) is 4.30. The lowest BCUT2D eigenvalue weighted by atomic mass is 10.2. The molecule has 0 radical (unpaired) electrons. The summed E-state index contributed by atoms with van der Waals surface area (Å²) in [7, 11) is 0. The highest BCUT2D eigenvalue weighted by atomic mass is 35.5. The van der Waals surface area contributed by atoms with Crippen molar-refractivity contribution in [2.75, 3.05) is 16.8 Å². The van der Waals surface area contributed by atoms with E-state index in [9.17, 15) is 14.3 Å². The van der Waals surface area contributed by atoms with Crippen molar-refractivity contribution < 1.29 is 23.4 Å². The fourth-order valence-corrected chi connectivity index (χ4v) is 3.25. The number of aromatic nitrogens is 3. The van der Waals surface area contributed by atoms with Crippen molar-refractivity contribution >= 4 is 29.5 Å². The first-order valence-corrected chi connectivity index (χ1v) is 9.86. The Balaban J connectivity index is 1.54. The molecule has 3 aromatic rings. The number of anilines is 2. The Bertz CT molecular complexity index is 1090. The fraction of sp³-hybridized carbons (Fsp3) is 0.300. The minimum Gasteiger partial charge on any atom is -0.447 e. The summed E-state index contributed by atoms with van der Waals surface area (Å²) >= 11 is 5.91. The van der Waals surface area contributed by atoms with Crippen molar-refractivity contribution in [3.05, 3.63) is 53.4 Å². The molecule has 2 N–H and O–H groups in total. The summed E-state index contributed by atoms with van der Waals surface area (Å²) in [5.41, 5.74) is 0.812. The molecule has 4 rings (SSSR count). The second kappa shape index (κ2) is 8.48. The zero-order valence-electron chi connectivity index (χ0n) is 16.6. The number of benzene rings is 1. The molecule has 9 nitrogen and oxygen atoms in total. The summed E-state index contributed by atoms with van der Waals surface area (Å²) in [6.45, 7) is 3.19. The topological polar surface area (TPSA) is 114 Å². The number of aliphatic hydroxyl groups is 1. The van der Waals surface area contributed by atoms with Gasteiger partial charge in [-0.25, -0.2) is 24.1 Å². The zero-order chi connectivity index (χ0) is 22.1. The van der Waals surface area contributed by atoms with Gasteiger partial charge in [0, 0.05) is 10.6 Å². The third-order valence-corrected chi connectivity index (χ3v) is 5.04. The Labute approximate surface area is 181 Å². The van der Waals surface area contributed by atoms with Gasteiger partial charge in [0.1, 0.15) is 18.7 Å². The standard InChI is InChI=1S/C20H19ClFN5O4/c1-10(18-23-8-16(31-18)12-3-5-13(21)6-4-12)25-19-24-7-14(22)17(26-19)27-15(11(2)28)9-30-20(27)29/h3-8,10-11,15,28H,9H2,1-2H3,(H,24,25,26)/t10-,11-,15?/m1/s1. The molecule has 3 heterocycles. The summed E-state index contributed by atoms with van der Waals surface area (Å²) in [5.74, 6) is -0.127. The predicted octanol–water partition coefficient (Wildman–Crippen LogP) is 3.80. The van der Waals surface area contributed by atoms with Crippen LogP contribution < -0.4 is 10.2 Å². The molecule has 1 unspecified atom stereocenters.